The zero-order chi connectivity index (χ0) is 23.9. The smallest absolute Gasteiger partial charge is 0.229 e. The Kier molecular flexibility index (Phi) is 6.15. The summed E-state index contributed by atoms with van der Waals surface area (Å²) in [7, 11) is 1.21. The van der Waals surface area contributed by atoms with Crippen LogP contribution in [-0.4, -0.2) is 75.1 Å². The largest absolute Gasteiger partial charge is 0.508 e. The number of benzene rings is 2. The fraction of sp³-hybridized carbons (Fsp3) is 0.318. The van der Waals surface area contributed by atoms with E-state index in [9.17, 15) is 35.4 Å². The third-order valence-electron chi connectivity index (χ3n) is 5.43. The number of fused-ring (bicyclic) bond motifs is 1. The molecule has 33 heavy (non-hydrogen) atoms. The molecule has 0 amide bonds. The van der Waals surface area contributed by atoms with Crippen LogP contribution in [0.4, 0.5) is 0 Å². The summed E-state index contributed by atoms with van der Waals surface area (Å²) in [6.07, 6.45) is -6.52. The van der Waals surface area contributed by atoms with E-state index in [-0.39, 0.29) is 33.8 Å². The number of aliphatic hydroxyl groups excluding tert-OH is 4. The normalized spacial score (nSPS) is 25.2. The lowest BCUT2D eigenvalue weighted by molar-refractivity contribution is -0.277. The molecule has 1 aromatic heterocycles. The topological polar surface area (TPSA) is 179 Å². The van der Waals surface area contributed by atoms with E-state index < -0.39 is 48.5 Å². The molecule has 11 heteroatoms. The molecule has 6 N–H and O–H groups in total. The van der Waals surface area contributed by atoms with E-state index >= 15 is 0 Å². The molecule has 0 aliphatic carbocycles. The maximum Gasteiger partial charge on any atom is 0.229 e. The minimum Gasteiger partial charge on any atom is -0.508 e. The van der Waals surface area contributed by atoms with Crippen LogP contribution in [0.1, 0.15) is 0 Å². The number of methoxy groups -OCH3 is 1. The molecule has 5 atom stereocenters. The van der Waals surface area contributed by atoms with Gasteiger partial charge in [0.2, 0.25) is 17.5 Å². The number of rotatable bonds is 5. The van der Waals surface area contributed by atoms with Crippen molar-refractivity contribution in [3.63, 3.8) is 0 Å². The number of aromatic hydroxyl groups is 2. The molecule has 176 valence electrons. The maximum atomic E-state index is 13.1. The Morgan fingerprint density at radius 2 is 1.73 bits per heavy atom. The van der Waals surface area contributed by atoms with Crippen LogP contribution in [0.5, 0.6) is 23.0 Å². The van der Waals surface area contributed by atoms with Crippen LogP contribution in [0.15, 0.2) is 45.8 Å². The van der Waals surface area contributed by atoms with Crippen molar-refractivity contribution < 1.29 is 49.3 Å². The predicted molar refractivity (Wildman–Crippen MR) is 112 cm³/mol. The minimum absolute atomic E-state index is 0.0171. The highest BCUT2D eigenvalue weighted by Crippen LogP contribution is 2.43. The van der Waals surface area contributed by atoms with Crippen LogP contribution in [0.2, 0.25) is 0 Å². The van der Waals surface area contributed by atoms with Crippen molar-refractivity contribution in [2.75, 3.05) is 13.7 Å². The van der Waals surface area contributed by atoms with Gasteiger partial charge in [-0.25, -0.2) is 0 Å². The van der Waals surface area contributed by atoms with Gasteiger partial charge in [0.05, 0.1) is 19.3 Å². The Morgan fingerprint density at radius 3 is 2.36 bits per heavy atom. The summed E-state index contributed by atoms with van der Waals surface area (Å²) in [5.74, 6) is -1.03. The van der Waals surface area contributed by atoms with Gasteiger partial charge in [0.15, 0.2) is 11.5 Å². The van der Waals surface area contributed by atoms with E-state index in [1.54, 1.807) is 0 Å². The van der Waals surface area contributed by atoms with E-state index in [2.05, 4.69) is 0 Å². The first-order chi connectivity index (χ1) is 15.8. The highest BCUT2D eigenvalue weighted by atomic mass is 16.7. The summed E-state index contributed by atoms with van der Waals surface area (Å²) in [5, 5.41) is 59.5. The number of hydrogen-bond acceptors (Lipinski definition) is 11. The maximum absolute atomic E-state index is 13.1. The third-order valence-corrected chi connectivity index (χ3v) is 5.43. The standard InChI is InChI=1S/C22H22O11/c1-30-21-13(32-22-20(29)19(28)17(26)14(7-23)33-22)6-12-15(18(21)27)16(25)11(8-31-12)9-2-4-10(24)5-3-9/h2-6,8,14,17,19-20,22-24,26-29H,7H2,1H3/t14-,17-,19+,20-,22+/m1/s1. The van der Waals surface area contributed by atoms with Gasteiger partial charge < -0.3 is 49.3 Å². The van der Waals surface area contributed by atoms with Crippen molar-refractivity contribution in [3.05, 3.63) is 46.8 Å². The van der Waals surface area contributed by atoms with Crippen LogP contribution in [0.3, 0.4) is 0 Å². The van der Waals surface area contributed by atoms with Crippen LogP contribution in [0.25, 0.3) is 22.1 Å². The quantitative estimate of drug-likeness (QED) is 0.302. The van der Waals surface area contributed by atoms with Crippen molar-refractivity contribution in [3.8, 4) is 34.1 Å². The molecule has 3 aromatic rings. The van der Waals surface area contributed by atoms with Crippen molar-refractivity contribution in [1.29, 1.82) is 0 Å². The molecule has 1 aliphatic rings. The van der Waals surface area contributed by atoms with Crippen LogP contribution in [0, 0.1) is 0 Å². The Morgan fingerprint density at radius 1 is 1.03 bits per heavy atom. The molecule has 1 aliphatic heterocycles. The highest BCUT2D eigenvalue weighted by molar-refractivity contribution is 5.91. The first-order valence-corrected chi connectivity index (χ1v) is 9.88. The van der Waals surface area contributed by atoms with Gasteiger partial charge in [-0.15, -0.1) is 0 Å². The molecular weight excluding hydrogens is 440 g/mol. The van der Waals surface area contributed by atoms with E-state index in [1.807, 2.05) is 0 Å². The molecule has 0 bridgehead atoms. The van der Waals surface area contributed by atoms with E-state index in [0.717, 1.165) is 0 Å². The Bertz CT molecular complexity index is 1200. The van der Waals surface area contributed by atoms with Gasteiger partial charge in [0, 0.05) is 6.07 Å². The van der Waals surface area contributed by atoms with Gasteiger partial charge in [-0.3, -0.25) is 4.79 Å². The highest BCUT2D eigenvalue weighted by Gasteiger charge is 2.45. The van der Waals surface area contributed by atoms with Gasteiger partial charge in [0.1, 0.15) is 47.4 Å². The molecule has 2 heterocycles. The molecule has 0 radical (unpaired) electrons. The summed E-state index contributed by atoms with van der Waals surface area (Å²) in [4.78, 5) is 13.1. The molecule has 1 fully saturated rings. The third kappa shape index (κ3) is 3.96. The van der Waals surface area contributed by atoms with Gasteiger partial charge in [-0.05, 0) is 17.7 Å². The summed E-state index contributed by atoms with van der Waals surface area (Å²) >= 11 is 0. The van der Waals surface area contributed by atoms with Gasteiger partial charge in [-0.1, -0.05) is 12.1 Å². The van der Waals surface area contributed by atoms with E-state index in [1.165, 1.54) is 43.7 Å². The Hall–Kier alpha value is -3.35. The zero-order valence-corrected chi connectivity index (χ0v) is 17.3. The van der Waals surface area contributed by atoms with Crippen molar-refractivity contribution >= 4 is 11.0 Å². The van der Waals surface area contributed by atoms with E-state index in [0.29, 0.717) is 5.56 Å². The SMILES string of the molecule is COc1c(O[C@H]2O[C@H](CO)[C@@H](O)[C@H](O)[C@H]2O)cc2occ(-c3ccc(O)cc3)c(=O)c2c1O. The monoisotopic (exact) mass is 462 g/mol. The first kappa shape index (κ1) is 22.8. The second-order valence-electron chi connectivity index (χ2n) is 7.47. The number of aliphatic hydroxyl groups is 4. The lowest BCUT2D eigenvalue weighted by Gasteiger charge is -2.39. The molecule has 0 spiro atoms. The molecule has 4 rings (SSSR count). The average molecular weight is 462 g/mol. The van der Waals surface area contributed by atoms with Crippen LogP contribution < -0.4 is 14.9 Å². The Labute approximate surface area is 186 Å². The van der Waals surface area contributed by atoms with Crippen LogP contribution >= 0.6 is 0 Å². The predicted octanol–water partition coefficient (Wildman–Crippen LogP) is 0.0585. The fourth-order valence-electron chi connectivity index (χ4n) is 3.64. The lowest BCUT2D eigenvalue weighted by atomic mass is 9.99. The van der Waals surface area contributed by atoms with Crippen LogP contribution in [-0.2, 0) is 4.74 Å². The summed E-state index contributed by atoms with van der Waals surface area (Å²) in [6, 6.07) is 7.06. The second kappa shape index (κ2) is 8.89. The first-order valence-electron chi connectivity index (χ1n) is 9.88. The van der Waals surface area contributed by atoms with E-state index in [4.69, 9.17) is 18.6 Å². The molecule has 1 saturated heterocycles. The number of phenolic OH excluding ortho intramolecular Hbond substituents is 2. The molecule has 2 aromatic carbocycles. The summed E-state index contributed by atoms with van der Waals surface area (Å²) in [5.41, 5.74) is -0.0662. The van der Waals surface area contributed by atoms with Crippen molar-refractivity contribution in [1.82, 2.24) is 0 Å². The number of ether oxygens (including phenoxy) is 3. The van der Waals surface area contributed by atoms with Gasteiger partial charge in [0.25, 0.3) is 0 Å². The lowest BCUT2D eigenvalue weighted by Crippen LogP contribution is -2.60. The molecule has 11 nitrogen and oxygen atoms in total. The molecular formula is C22H22O11. The average Bonchev–Trinajstić information content (AvgIpc) is 2.80. The van der Waals surface area contributed by atoms with Crippen molar-refractivity contribution in [2.24, 2.45) is 0 Å². The Balaban J connectivity index is 1.77. The fourth-order valence-corrected chi connectivity index (χ4v) is 3.64. The number of phenols is 2. The molecule has 0 unspecified atom stereocenters. The van der Waals surface area contributed by atoms with Gasteiger partial charge >= 0.3 is 0 Å². The number of hydrogen-bond donors (Lipinski definition) is 6. The summed E-state index contributed by atoms with van der Waals surface area (Å²) < 4.78 is 21.6. The zero-order valence-electron chi connectivity index (χ0n) is 17.3. The minimum atomic E-state index is -1.70. The summed E-state index contributed by atoms with van der Waals surface area (Å²) in [6.45, 7) is -0.653. The second-order valence-corrected chi connectivity index (χ2v) is 7.47. The molecule has 0 saturated carbocycles. The van der Waals surface area contributed by atoms with Gasteiger partial charge in [-0.2, -0.15) is 0 Å². The van der Waals surface area contributed by atoms with Crippen molar-refractivity contribution in [2.45, 2.75) is 30.7 Å².